The first-order valence-electron chi connectivity index (χ1n) is 6.40. The van der Waals surface area contributed by atoms with E-state index in [1.54, 1.807) is 12.3 Å². The van der Waals surface area contributed by atoms with Crippen molar-refractivity contribution in [3.8, 4) is 0 Å². The number of pyridine rings is 1. The Bertz CT molecular complexity index is 431. The number of nitrogens with one attached hydrogen (secondary N) is 1. The van der Waals surface area contributed by atoms with Gasteiger partial charge in [0.1, 0.15) is 0 Å². The van der Waals surface area contributed by atoms with E-state index in [0.717, 1.165) is 26.1 Å². The van der Waals surface area contributed by atoms with Crippen LogP contribution in [0.15, 0.2) is 18.5 Å². The summed E-state index contributed by atoms with van der Waals surface area (Å²) in [5.74, 6) is 0.419. The van der Waals surface area contributed by atoms with Crippen LogP contribution >= 0.6 is 24.8 Å². The molecule has 3 N–H and O–H groups in total. The van der Waals surface area contributed by atoms with Crippen LogP contribution in [0.2, 0.25) is 0 Å². The molecule has 1 amide bonds. The highest BCUT2D eigenvalue weighted by molar-refractivity contribution is 5.98. The molecule has 0 bridgehead atoms. The number of likely N-dealkylation sites (tertiary alicyclic amines) is 1. The maximum Gasteiger partial charge on any atom is 0.254 e. The number of anilines is 1. The lowest BCUT2D eigenvalue weighted by atomic mass is 10.1. The molecular formula is C13H22Cl2N4O. The van der Waals surface area contributed by atoms with Crippen LogP contribution in [0.25, 0.3) is 0 Å². The van der Waals surface area contributed by atoms with Crippen molar-refractivity contribution in [2.75, 3.05) is 31.9 Å². The third-order valence-corrected chi connectivity index (χ3v) is 3.47. The smallest absolute Gasteiger partial charge is 0.254 e. The van der Waals surface area contributed by atoms with Crippen LogP contribution < -0.4 is 11.1 Å². The van der Waals surface area contributed by atoms with Crippen LogP contribution in [0.3, 0.4) is 0 Å². The van der Waals surface area contributed by atoms with Gasteiger partial charge in [0.2, 0.25) is 0 Å². The fraction of sp³-hybridized carbons (Fsp3) is 0.538. The number of hydrogen-bond donors (Lipinski definition) is 2. The Labute approximate surface area is 132 Å². The number of aromatic nitrogens is 1. The Morgan fingerprint density at radius 3 is 2.90 bits per heavy atom. The number of hydrogen-bond acceptors (Lipinski definition) is 4. The van der Waals surface area contributed by atoms with E-state index in [0.29, 0.717) is 23.7 Å². The minimum Gasteiger partial charge on any atom is -0.398 e. The Kier molecular flexibility index (Phi) is 8.53. The van der Waals surface area contributed by atoms with Crippen molar-refractivity contribution >= 4 is 36.4 Å². The summed E-state index contributed by atoms with van der Waals surface area (Å²) in [6, 6.07) is 1.64. The molecule has 0 radical (unpaired) electrons. The van der Waals surface area contributed by atoms with E-state index in [-0.39, 0.29) is 30.7 Å². The second-order valence-electron chi connectivity index (χ2n) is 4.72. The summed E-state index contributed by atoms with van der Waals surface area (Å²) in [5, 5.41) is 2.94. The van der Waals surface area contributed by atoms with Gasteiger partial charge in [0, 0.05) is 31.2 Å². The predicted molar refractivity (Wildman–Crippen MR) is 85.7 cm³/mol. The summed E-state index contributed by atoms with van der Waals surface area (Å²) in [7, 11) is 0. The molecule has 1 aliphatic heterocycles. The first-order chi connectivity index (χ1) is 8.70. The lowest BCUT2D eigenvalue weighted by Crippen LogP contribution is -2.31. The maximum absolute atomic E-state index is 11.9. The van der Waals surface area contributed by atoms with Crippen molar-refractivity contribution in [3.63, 3.8) is 0 Å². The number of carbonyl (C=O) groups is 1. The quantitative estimate of drug-likeness (QED) is 0.883. The molecule has 0 aliphatic carbocycles. The largest absolute Gasteiger partial charge is 0.398 e. The average molecular weight is 321 g/mol. The molecule has 20 heavy (non-hydrogen) atoms. The van der Waals surface area contributed by atoms with E-state index >= 15 is 0 Å². The average Bonchev–Trinajstić information content (AvgIpc) is 2.84. The lowest BCUT2D eigenvalue weighted by Gasteiger charge is -2.14. The second kappa shape index (κ2) is 9.00. The van der Waals surface area contributed by atoms with Crippen LogP contribution in [0.4, 0.5) is 5.69 Å². The maximum atomic E-state index is 11.9. The summed E-state index contributed by atoms with van der Waals surface area (Å²) in [6.45, 7) is 6.16. The van der Waals surface area contributed by atoms with E-state index in [9.17, 15) is 4.79 Å². The first kappa shape index (κ1) is 19.0. The lowest BCUT2D eigenvalue weighted by molar-refractivity contribution is 0.0948. The second-order valence-corrected chi connectivity index (χ2v) is 4.72. The van der Waals surface area contributed by atoms with E-state index in [1.807, 2.05) is 0 Å². The zero-order valence-corrected chi connectivity index (χ0v) is 13.2. The molecule has 2 heterocycles. The summed E-state index contributed by atoms with van der Waals surface area (Å²) in [5.41, 5.74) is 6.68. The molecule has 0 spiro atoms. The Hall–Kier alpha value is -1.04. The third-order valence-electron chi connectivity index (χ3n) is 3.47. The van der Waals surface area contributed by atoms with Crippen molar-refractivity contribution in [2.45, 2.75) is 13.3 Å². The highest BCUT2D eigenvalue weighted by atomic mass is 35.5. The summed E-state index contributed by atoms with van der Waals surface area (Å²) in [6.07, 6.45) is 4.25. The van der Waals surface area contributed by atoms with Gasteiger partial charge in [-0.3, -0.25) is 9.78 Å². The van der Waals surface area contributed by atoms with E-state index < -0.39 is 0 Å². The van der Waals surface area contributed by atoms with Gasteiger partial charge in [-0.25, -0.2) is 0 Å². The number of nitrogens with two attached hydrogens (primary N) is 1. The van der Waals surface area contributed by atoms with Crippen LogP contribution in [0.1, 0.15) is 23.7 Å². The topological polar surface area (TPSA) is 71.2 Å². The van der Waals surface area contributed by atoms with Gasteiger partial charge in [-0.05, 0) is 31.5 Å². The molecular weight excluding hydrogens is 299 g/mol. The third kappa shape index (κ3) is 4.81. The van der Waals surface area contributed by atoms with Gasteiger partial charge in [0.05, 0.1) is 5.56 Å². The van der Waals surface area contributed by atoms with Crippen molar-refractivity contribution in [1.29, 1.82) is 0 Å². The Morgan fingerprint density at radius 2 is 2.30 bits per heavy atom. The Morgan fingerprint density at radius 1 is 1.55 bits per heavy atom. The number of carbonyl (C=O) groups excluding carboxylic acids is 1. The van der Waals surface area contributed by atoms with Gasteiger partial charge in [-0.2, -0.15) is 0 Å². The number of rotatable bonds is 4. The molecule has 114 valence electrons. The summed E-state index contributed by atoms with van der Waals surface area (Å²) < 4.78 is 0. The van der Waals surface area contributed by atoms with Crippen LogP contribution in [0, 0.1) is 5.92 Å². The molecule has 7 heteroatoms. The summed E-state index contributed by atoms with van der Waals surface area (Å²) in [4.78, 5) is 18.2. The van der Waals surface area contributed by atoms with Gasteiger partial charge in [-0.15, -0.1) is 24.8 Å². The molecule has 2 rings (SSSR count). The van der Waals surface area contributed by atoms with Crippen LogP contribution in [-0.4, -0.2) is 42.0 Å². The minimum atomic E-state index is -0.129. The zero-order valence-electron chi connectivity index (χ0n) is 11.5. The number of amides is 1. The number of halogens is 2. The normalized spacial score (nSPS) is 17.9. The standard InChI is InChI=1S/C13H20N4O.2ClH/c1-2-17-6-4-10(9-17)7-16-13(18)11-8-15-5-3-12(11)14;;/h3,5,8,10H,2,4,6-7,9H2,1H3,(H2,14,15)(H,16,18);2*1H. The monoisotopic (exact) mass is 320 g/mol. The zero-order chi connectivity index (χ0) is 13.0. The van der Waals surface area contributed by atoms with E-state index in [1.165, 1.54) is 6.20 Å². The van der Waals surface area contributed by atoms with Gasteiger partial charge >= 0.3 is 0 Å². The highest BCUT2D eigenvalue weighted by Gasteiger charge is 2.21. The van der Waals surface area contributed by atoms with Gasteiger partial charge in [0.15, 0.2) is 0 Å². The molecule has 5 nitrogen and oxygen atoms in total. The molecule has 1 atom stereocenters. The van der Waals surface area contributed by atoms with Crippen molar-refractivity contribution < 1.29 is 4.79 Å². The molecule has 1 unspecified atom stereocenters. The van der Waals surface area contributed by atoms with Gasteiger partial charge in [0.25, 0.3) is 5.91 Å². The predicted octanol–water partition coefficient (Wildman–Crippen LogP) is 1.58. The summed E-state index contributed by atoms with van der Waals surface area (Å²) >= 11 is 0. The van der Waals surface area contributed by atoms with Crippen molar-refractivity contribution in [1.82, 2.24) is 15.2 Å². The highest BCUT2D eigenvalue weighted by Crippen LogP contribution is 2.15. The van der Waals surface area contributed by atoms with E-state index in [4.69, 9.17) is 5.73 Å². The van der Waals surface area contributed by atoms with E-state index in [2.05, 4.69) is 22.1 Å². The molecule has 0 aromatic carbocycles. The fourth-order valence-electron chi connectivity index (χ4n) is 2.29. The number of nitrogen functional groups attached to an aromatic ring is 1. The van der Waals surface area contributed by atoms with Gasteiger partial charge in [-0.1, -0.05) is 6.92 Å². The Balaban J connectivity index is 0.00000180. The van der Waals surface area contributed by atoms with Crippen LogP contribution in [0.5, 0.6) is 0 Å². The van der Waals surface area contributed by atoms with Crippen LogP contribution in [-0.2, 0) is 0 Å². The molecule has 1 aromatic rings. The SMILES string of the molecule is CCN1CCC(CNC(=O)c2cnccc2N)C1.Cl.Cl. The van der Waals surface area contributed by atoms with Crippen molar-refractivity contribution in [2.24, 2.45) is 5.92 Å². The molecule has 0 saturated carbocycles. The van der Waals surface area contributed by atoms with Gasteiger partial charge < -0.3 is 16.0 Å². The first-order valence-corrected chi connectivity index (χ1v) is 6.40. The number of nitrogens with zero attached hydrogens (tertiary/aromatic N) is 2. The van der Waals surface area contributed by atoms with Crippen molar-refractivity contribution in [3.05, 3.63) is 24.0 Å². The fourth-order valence-corrected chi connectivity index (χ4v) is 2.29. The molecule has 1 fully saturated rings. The molecule has 1 aliphatic rings. The molecule has 1 aromatic heterocycles. The minimum absolute atomic E-state index is 0. The molecule has 1 saturated heterocycles.